The highest BCUT2D eigenvalue weighted by Gasteiger charge is 2.22. The summed E-state index contributed by atoms with van der Waals surface area (Å²) in [6.07, 6.45) is 3.26. The fourth-order valence-electron chi connectivity index (χ4n) is 2.64. The van der Waals surface area contributed by atoms with Crippen molar-refractivity contribution in [3.8, 4) is 0 Å². The highest BCUT2D eigenvalue weighted by molar-refractivity contribution is 6.05. The van der Waals surface area contributed by atoms with Crippen molar-refractivity contribution in [2.75, 3.05) is 23.5 Å². The Morgan fingerprint density at radius 2 is 1.79 bits per heavy atom. The minimum atomic E-state index is -0.726. The van der Waals surface area contributed by atoms with E-state index in [1.54, 1.807) is 73.1 Å². The van der Waals surface area contributed by atoms with Gasteiger partial charge in [0.1, 0.15) is 0 Å². The van der Waals surface area contributed by atoms with Crippen molar-refractivity contribution in [2.45, 2.75) is 6.04 Å². The number of amides is 1. The molecule has 7 heteroatoms. The number of esters is 1. The first-order valence-corrected chi connectivity index (χ1v) is 8.58. The summed E-state index contributed by atoms with van der Waals surface area (Å²) in [5.74, 6) is -0.739. The summed E-state index contributed by atoms with van der Waals surface area (Å²) in [5, 5.41) is 5.86. The number of pyridine rings is 1. The standard InChI is InChI=1S/C21H20N4O3/c1-28-21(27)19(24-16-5-4-12-23-13-16)14-8-10-15(11-9-14)20(26)25-18-7-3-2-6-17(18)22/h2-13,19,24H,22H2,1H3,(H,25,26). The maximum Gasteiger partial charge on any atom is 0.332 e. The van der Waals surface area contributed by atoms with Gasteiger partial charge in [-0.3, -0.25) is 9.78 Å². The van der Waals surface area contributed by atoms with Crippen LogP contribution in [-0.2, 0) is 9.53 Å². The van der Waals surface area contributed by atoms with Gasteiger partial charge in [-0.15, -0.1) is 0 Å². The molecule has 0 aliphatic rings. The third-order valence-corrected chi connectivity index (χ3v) is 4.12. The van der Waals surface area contributed by atoms with Crippen LogP contribution in [-0.4, -0.2) is 24.0 Å². The van der Waals surface area contributed by atoms with Gasteiger partial charge in [-0.2, -0.15) is 0 Å². The Balaban J connectivity index is 1.78. The highest BCUT2D eigenvalue weighted by Crippen LogP contribution is 2.22. The Kier molecular flexibility index (Phi) is 5.86. The monoisotopic (exact) mass is 376 g/mol. The number of aromatic nitrogens is 1. The van der Waals surface area contributed by atoms with Crippen LogP contribution in [0.1, 0.15) is 22.0 Å². The van der Waals surface area contributed by atoms with Gasteiger partial charge in [0.25, 0.3) is 5.91 Å². The summed E-state index contributed by atoms with van der Waals surface area (Å²) in [5.41, 5.74) is 8.66. The average Bonchev–Trinajstić information content (AvgIpc) is 2.74. The van der Waals surface area contributed by atoms with E-state index in [1.807, 2.05) is 0 Å². The first-order chi connectivity index (χ1) is 13.6. The van der Waals surface area contributed by atoms with E-state index in [0.717, 1.165) is 0 Å². The Morgan fingerprint density at radius 1 is 1.04 bits per heavy atom. The number of anilines is 3. The van der Waals surface area contributed by atoms with Gasteiger partial charge >= 0.3 is 5.97 Å². The lowest BCUT2D eigenvalue weighted by Crippen LogP contribution is -2.22. The molecule has 0 aliphatic heterocycles. The Bertz CT molecular complexity index is 959. The quantitative estimate of drug-likeness (QED) is 0.450. The molecule has 4 N–H and O–H groups in total. The zero-order chi connectivity index (χ0) is 19.9. The largest absolute Gasteiger partial charge is 0.467 e. The normalized spacial score (nSPS) is 11.3. The second-order valence-corrected chi connectivity index (χ2v) is 6.01. The van der Waals surface area contributed by atoms with Crippen LogP contribution in [0, 0.1) is 0 Å². The number of rotatable bonds is 6. The predicted molar refractivity (Wildman–Crippen MR) is 108 cm³/mol. The number of methoxy groups -OCH3 is 1. The van der Waals surface area contributed by atoms with Crippen molar-refractivity contribution in [1.82, 2.24) is 4.98 Å². The van der Waals surface area contributed by atoms with Crippen LogP contribution in [0.4, 0.5) is 17.1 Å². The van der Waals surface area contributed by atoms with E-state index in [1.165, 1.54) is 7.11 Å². The van der Waals surface area contributed by atoms with Crippen LogP contribution < -0.4 is 16.4 Å². The Morgan fingerprint density at radius 3 is 2.43 bits per heavy atom. The summed E-state index contributed by atoms with van der Waals surface area (Å²) in [4.78, 5) is 28.7. The molecule has 0 saturated heterocycles. The molecule has 142 valence electrons. The fourth-order valence-corrected chi connectivity index (χ4v) is 2.64. The molecule has 2 aromatic carbocycles. The van der Waals surface area contributed by atoms with Crippen LogP contribution in [0.25, 0.3) is 0 Å². The van der Waals surface area contributed by atoms with Gasteiger partial charge in [0.2, 0.25) is 0 Å². The van der Waals surface area contributed by atoms with Gasteiger partial charge in [0.15, 0.2) is 6.04 Å². The molecular weight excluding hydrogens is 356 g/mol. The molecule has 7 nitrogen and oxygen atoms in total. The lowest BCUT2D eigenvalue weighted by molar-refractivity contribution is -0.141. The number of benzene rings is 2. The number of hydrogen-bond acceptors (Lipinski definition) is 6. The Labute approximate surface area is 162 Å². The maximum absolute atomic E-state index is 12.4. The third kappa shape index (κ3) is 4.45. The Hall–Kier alpha value is -3.87. The van der Waals surface area contributed by atoms with E-state index in [4.69, 9.17) is 10.5 Å². The number of carbonyl (C=O) groups is 2. The second kappa shape index (κ2) is 8.68. The number of nitrogen functional groups attached to an aromatic ring is 1. The zero-order valence-corrected chi connectivity index (χ0v) is 15.3. The highest BCUT2D eigenvalue weighted by atomic mass is 16.5. The van der Waals surface area contributed by atoms with Gasteiger partial charge in [0.05, 0.1) is 24.2 Å². The summed E-state index contributed by atoms with van der Waals surface area (Å²) in [6.45, 7) is 0. The van der Waals surface area contributed by atoms with Gasteiger partial charge in [0, 0.05) is 18.0 Å². The van der Waals surface area contributed by atoms with Crippen molar-refractivity contribution in [3.63, 3.8) is 0 Å². The van der Waals surface area contributed by atoms with Crippen molar-refractivity contribution < 1.29 is 14.3 Å². The molecular formula is C21H20N4O3. The van der Waals surface area contributed by atoms with E-state index in [-0.39, 0.29) is 5.91 Å². The molecule has 0 fully saturated rings. The molecule has 1 heterocycles. The third-order valence-electron chi connectivity index (χ3n) is 4.12. The van der Waals surface area contributed by atoms with Crippen LogP contribution in [0.15, 0.2) is 73.1 Å². The fraction of sp³-hybridized carbons (Fsp3) is 0.0952. The van der Waals surface area contributed by atoms with E-state index in [2.05, 4.69) is 15.6 Å². The topological polar surface area (TPSA) is 106 Å². The van der Waals surface area contributed by atoms with Gasteiger partial charge in [-0.25, -0.2) is 4.79 Å². The summed E-state index contributed by atoms with van der Waals surface area (Å²) in [6, 6.07) is 16.6. The minimum absolute atomic E-state index is 0.292. The van der Waals surface area contributed by atoms with Gasteiger partial charge in [-0.05, 0) is 42.0 Å². The molecule has 0 aliphatic carbocycles. The number of ether oxygens (including phenoxy) is 1. The van der Waals surface area contributed by atoms with E-state index in [9.17, 15) is 9.59 Å². The molecule has 0 radical (unpaired) electrons. The number of nitrogens with two attached hydrogens (primary N) is 1. The van der Waals surface area contributed by atoms with E-state index < -0.39 is 12.0 Å². The SMILES string of the molecule is COC(=O)C(Nc1cccnc1)c1ccc(C(=O)Nc2ccccc2N)cc1. The van der Waals surface area contributed by atoms with E-state index in [0.29, 0.717) is 28.2 Å². The number of carbonyl (C=O) groups excluding carboxylic acids is 2. The summed E-state index contributed by atoms with van der Waals surface area (Å²) >= 11 is 0. The summed E-state index contributed by atoms with van der Waals surface area (Å²) < 4.78 is 4.89. The minimum Gasteiger partial charge on any atom is -0.467 e. The lowest BCUT2D eigenvalue weighted by Gasteiger charge is -2.18. The zero-order valence-electron chi connectivity index (χ0n) is 15.3. The molecule has 3 rings (SSSR count). The lowest BCUT2D eigenvalue weighted by atomic mass is 10.0. The van der Waals surface area contributed by atoms with Crippen molar-refractivity contribution in [2.24, 2.45) is 0 Å². The number of nitrogens with one attached hydrogen (secondary N) is 2. The molecule has 0 saturated carbocycles. The van der Waals surface area contributed by atoms with E-state index >= 15 is 0 Å². The smallest absolute Gasteiger partial charge is 0.332 e. The molecule has 0 bridgehead atoms. The van der Waals surface area contributed by atoms with Crippen LogP contribution in [0.5, 0.6) is 0 Å². The van der Waals surface area contributed by atoms with Crippen molar-refractivity contribution in [3.05, 3.63) is 84.2 Å². The molecule has 28 heavy (non-hydrogen) atoms. The van der Waals surface area contributed by atoms with Crippen LogP contribution in [0.3, 0.4) is 0 Å². The van der Waals surface area contributed by atoms with Gasteiger partial charge < -0.3 is 21.1 Å². The second-order valence-electron chi connectivity index (χ2n) is 6.01. The molecule has 1 atom stereocenters. The number of para-hydroxylation sites is 2. The first-order valence-electron chi connectivity index (χ1n) is 8.58. The van der Waals surface area contributed by atoms with Crippen molar-refractivity contribution in [1.29, 1.82) is 0 Å². The number of hydrogen-bond donors (Lipinski definition) is 3. The maximum atomic E-state index is 12.4. The van der Waals surface area contributed by atoms with Gasteiger partial charge in [-0.1, -0.05) is 24.3 Å². The molecule has 0 spiro atoms. The molecule has 1 amide bonds. The molecule has 3 aromatic rings. The van der Waals surface area contributed by atoms with Crippen LogP contribution >= 0.6 is 0 Å². The summed E-state index contributed by atoms with van der Waals surface area (Å²) in [7, 11) is 1.33. The van der Waals surface area contributed by atoms with Crippen LogP contribution in [0.2, 0.25) is 0 Å². The first kappa shape index (κ1) is 18.9. The molecule has 1 unspecified atom stereocenters. The molecule has 1 aromatic heterocycles. The number of nitrogens with zero attached hydrogens (tertiary/aromatic N) is 1. The predicted octanol–water partition coefficient (Wildman–Crippen LogP) is 3.24. The van der Waals surface area contributed by atoms with Crippen molar-refractivity contribution >= 4 is 28.9 Å². The average molecular weight is 376 g/mol.